The van der Waals surface area contributed by atoms with Crippen LogP contribution in [0.3, 0.4) is 0 Å². The molecular weight excluding hydrogens is 423 g/mol. The van der Waals surface area contributed by atoms with Gasteiger partial charge < -0.3 is 10.6 Å². The van der Waals surface area contributed by atoms with Crippen molar-refractivity contribution in [2.24, 2.45) is 0 Å². The summed E-state index contributed by atoms with van der Waals surface area (Å²) < 4.78 is 63.5. The van der Waals surface area contributed by atoms with Crippen LogP contribution in [0.5, 0.6) is 0 Å². The summed E-state index contributed by atoms with van der Waals surface area (Å²) in [5.41, 5.74) is 0.294. The molecule has 0 fully saturated rings. The maximum absolute atomic E-state index is 12.9. The molecule has 9 heteroatoms. The van der Waals surface area contributed by atoms with E-state index in [-0.39, 0.29) is 11.3 Å². The van der Waals surface area contributed by atoms with E-state index in [1.54, 1.807) is 18.2 Å². The van der Waals surface area contributed by atoms with Crippen molar-refractivity contribution in [1.82, 2.24) is 0 Å². The third-order valence-corrected chi connectivity index (χ3v) is 4.70. The average Bonchev–Trinajstić information content (AvgIpc) is 2.69. The highest BCUT2D eigenvalue weighted by molar-refractivity contribution is 7.99. The van der Waals surface area contributed by atoms with Crippen LogP contribution in [-0.4, -0.2) is 11.7 Å². The third kappa shape index (κ3) is 5.73. The Bertz CT molecular complexity index is 1020. The highest BCUT2D eigenvalue weighted by Crippen LogP contribution is 2.32. The summed E-state index contributed by atoms with van der Waals surface area (Å²) in [5.74, 6) is -3.04. The molecule has 0 unspecified atom stereocenters. The zero-order chi connectivity index (χ0) is 21.7. The van der Waals surface area contributed by atoms with Gasteiger partial charge in [-0.3, -0.25) is 4.79 Å². The molecular formula is C21H15F5N2OS. The molecule has 0 saturated heterocycles. The second-order valence-corrected chi connectivity index (χ2v) is 7.17. The first-order chi connectivity index (χ1) is 14.2. The van der Waals surface area contributed by atoms with Crippen molar-refractivity contribution in [2.45, 2.75) is 16.8 Å². The third-order valence-electron chi connectivity index (χ3n) is 3.98. The molecule has 1 amide bonds. The summed E-state index contributed by atoms with van der Waals surface area (Å²) in [4.78, 5) is 13.0. The van der Waals surface area contributed by atoms with Crippen molar-refractivity contribution >= 4 is 34.7 Å². The zero-order valence-electron chi connectivity index (χ0n) is 15.2. The minimum absolute atomic E-state index is 0.179. The molecule has 0 aliphatic rings. The number of amides is 1. The summed E-state index contributed by atoms with van der Waals surface area (Å²) in [6, 6.07) is 16.9. The predicted molar refractivity (Wildman–Crippen MR) is 107 cm³/mol. The van der Waals surface area contributed by atoms with Crippen LogP contribution in [-0.2, 0) is 6.18 Å². The van der Waals surface area contributed by atoms with E-state index in [1.807, 2.05) is 0 Å². The van der Waals surface area contributed by atoms with Crippen LogP contribution in [0, 0.1) is 0 Å². The lowest BCUT2D eigenvalue weighted by atomic mass is 10.1. The summed E-state index contributed by atoms with van der Waals surface area (Å²) >= 11 is 0.393. The van der Waals surface area contributed by atoms with Crippen molar-refractivity contribution in [3.05, 3.63) is 83.9 Å². The lowest BCUT2D eigenvalue weighted by Gasteiger charge is -2.14. The number of carbonyl (C=O) groups is 1. The van der Waals surface area contributed by atoms with E-state index >= 15 is 0 Å². The molecule has 3 rings (SSSR count). The van der Waals surface area contributed by atoms with Crippen LogP contribution in [0.15, 0.2) is 77.7 Å². The normalized spacial score (nSPS) is 11.4. The fourth-order valence-corrected chi connectivity index (χ4v) is 3.14. The standard InChI is InChI=1S/C21H15F5N2OS/c22-20(23)30-16-10-8-14(9-11-16)28-19(29)17-6-1-2-7-18(17)27-15-5-3-4-13(12-15)21(24,25)26/h1-12,20,27H,(H,28,29). The van der Waals surface area contributed by atoms with Crippen LogP contribution >= 0.6 is 11.8 Å². The van der Waals surface area contributed by atoms with Crippen molar-refractivity contribution in [3.63, 3.8) is 0 Å². The largest absolute Gasteiger partial charge is 0.416 e. The number of rotatable bonds is 6. The molecule has 2 N–H and O–H groups in total. The first kappa shape index (κ1) is 21.6. The molecule has 0 aliphatic carbocycles. The molecule has 0 heterocycles. The SMILES string of the molecule is O=C(Nc1ccc(SC(F)F)cc1)c1ccccc1Nc1cccc(C(F)(F)F)c1. The number of thioether (sulfide) groups is 1. The topological polar surface area (TPSA) is 41.1 Å². The van der Waals surface area contributed by atoms with Crippen molar-refractivity contribution in [1.29, 1.82) is 0 Å². The van der Waals surface area contributed by atoms with Gasteiger partial charge >= 0.3 is 6.18 Å². The van der Waals surface area contributed by atoms with Gasteiger partial charge in [0.05, 0.1) is 16.8 Å². The molecule has 0 spiro atoms. The Kier molecular flexibility index (Phi) is 6.61. The number of hydrogen-bond donors (Lipinski definition) is 2. The van der Waals surface area contributed by atoms with E-state index in [0.29, 0.717) is 28.0 Å². The Hall–Kier alpha value is -3.07. The number of halogens is 5. The van der Waals surface area contributed by atoms with Gasteiger partial charge in [-0.15, -0.1) is 0 Å². The number of nitrogens with one attached hydrogen (secondary N) is 2. The fraction of sp³-hybridized carbons (Fsp3) is 0.0952. The second kappa shape index (κ2) is 9.17. The zero-order valence-corrected chi connectivity index (χ0v) is 16.0. The minimum atomic E-state index is -4.48. The van der Waals surface area contributed by atoms with Gasteiger partial charge in [-0.25, -0.2) is 0 Å². The van der Waals surface area contributed by atoms with Gasteiger partial charge in [0.1, 0.15) is 0 Å². The predicted octanol–water partition coefficient (Wildman–Crippen LogP) is 7.02. The Morgan fingerprint density at radius 1 is 0.867 bits per heavy atom. The Morgan fingerprint density at radius 3 is 2.23 bits per heavy atom. The van der Waals surface area contributed by atoms with Crippen LogP contribution in [0.1, 0.15) is 15.9 Å². The molecule has 0 atom stereocenters. The van der Waals surface area contributed by atoms with Gasteiger partial charge in [0.15, 0.2) is 0 Å². The lowest BCUT2D eigenvalue weighted by Crippen LogP contribution is -2.14. The van der Waals surface area contributed by atoms with Crippen molar-refractivity contribution in [3.8, 4) is 0 Å². The van der Waals surface area contributed by atoms with Gasteiger partial charge in [0.2, 0.25) is 0 Å². The molecule has 0 radical (unpaired) electrons. The van der Waals surface area contributed by atoms with E-state index in [4.69, 9.17) is 0 Å². The van der Waals surface area contributed by atoms with E-state index in [2.05, 4.69) is 10.6 Å². The fourth-order valence-electron chi connectivity index (χ4n) is 2.64. The molecule has 3 nitrogen and oxygen atoms in total. The molecule has 30 heavy (non-hydrogen) atoms. The van der Waals surface area contributed by atoms with Gasteiger partial charge in [0, 0.05) is 16.3 Å². The first-order valence-electron chi connectivity index (χ1n) is 8.62. The van der Waals surface area contributed by atoms with Crippen molar-refractivity contribution < 1.29 is 26.7 Å². The molecule has 3 aromatic carbocycles. The van der Waals surface area contributed by atoms with Gasteiger partial charge in [-0.05, 0) is 54.6 Å². The number of anilines is 3. The quantitative estimate of drug-likeness (QED) is 0.321. The summed E-state index contributed by atoms with van der Waals surface area (Å²) in [6.45, 7) is 0. The highest BCUT2D eigenvalue weighted by atomic mass is 32.2. The smallest absolute Gasteiger partial charge is 0.355 e. The molecule has 0 aliphatic heterocycles. The number of benzene rings is 3. The van der Waals surface area contributed by atoms with E-state index in [0.717, 1.165) is 12.1 Å². The van der Waals surface area contributed by atoms with Gasteiger partial charge in [0.25, 0.3) is 11.7 Å². The molecule has 0 aromatic heterocycles. The monoisotopic (exact) mass is 438 g/mol. The maximum atomic E-state index is 12.9. The van der Waals surface area contributed by atoms with E-state index < -0.39 is 23.4 Å². The van der Waals surface area contributed by atoms with E-state index in [1.165, 1.54) is 42.5 Å². The lowest BCUT2D eigenvalue weighted by molar-refractivity contribution is -0.137. The Labute approximate surface area is 173 Å². The Morgan fingerprint density at radius 2 is 1.57 bits per heavy atom. The minimum Gasteiger partial charge on any atom is -0.355 e. The van der Waals surface area contributed by atoms with Crippen LogP contribution in [0.4, 0.5) is 39.0 Å². The van der Waals surface area contributed by atoms with Crippen LogP contribution in [0.2, 0.25) is 0 Å². The molecule has 0 bridgehead atoms. The van der Waals surface area contributed by atoms with Crippen LogP contribution in [0.25, 0.3) is 0 Å². The molecule has 3 aromatic rings. The second-order valence-electron chi connectivity index (χ2n) is 6.11. The summed E-state index contributed by atoms with van der Waals surface area (Å²) in [6.07, 6.45) is -4.48. The molecule has 156 valence electrons. The number of para-hydroxylation sites is 1. The summed E-state index contributed by atoms with van der Waals surface area (Å²) in [5, 5.41) is 5.48. The number of hydrogen-bond acceptors (Lipinski definition) is 3. The highest BCUT2D eigenvalue weighted by Gasteiger charge is 2.30. The van der Waals surface area contributed by atoms with Gasteiger partial charge in [-0.1, -0.05) is 30.0 Å². The Balaban J connectivity index is 1.77. The summed E-state index contributed by atoms with van der Waals surface area (Å²) in [7, 11) is 0. The van der Waals surface area contributed by atoms with E-state index in [9.17, 15) is 26.7 Å². The molecule has 0 saturated carbocycles. The number of carbonyl (C=O) groups excluding carboxylic acids is 1. The van der Waals surface area contributed by atoms with Gasteiger partial charge in [-0.2, -0.15) is 22.0 Å². The van der Waals surface area contributed by atoms with Crippen LogP contribution < -0.4 is 10.6 Å². The maximum Gasteiger partial charge on any atom is 0.416 e. The first-order valence-corrected chi connectivity index (χ1v) is 9.50. The van der Waals surface area contributed by atoms with Crippen molar-refractivity contribution in [2.75, 3.05) is 10.6 Å². The number of alkyl halides is 5. The average molecular weight is 438 g/mol.